The lowest BCUT2D eigenvalue weighted by atomic mass is 9.95. The number of aliphatic hydroxyl groups is 1. The van der Waals surface area contributed by atoms with Crippen LogP contribution in [-0.4, -0.2) is 48.1 Å². The van der Waals surface area contributed by atoms with Gasteiger partial charge >= 0.3 is 0 Å². The van der Waals surface area contributed by atoms with E-state index in [-0.39, 0.29) is 24.0 Å². The van der Waals surface area contributed by atoms with E-state index in [0.29, 0.717) is 39.9 Å². The zero-order valence-corrected chi connectivity index (χ0v) is 19.6. The number of hydrogen-bond acceptors (Lipinski definition) is 5. The van der Waals surface area contributed by atoms with E-state index < -0.39 is 17.7 Å². The average Bonchev–Trinajstić information content (AvgIpc) is 2.98. The summed E-state index contributed by atoms with van der Waals surface area (Å²) in [5, 5.41) is 11.8. The van der Waals surface area contributed by atoms with Crippen LogP contribution in [0, 0.1) is 0 Å². The van der Waals surface area contributed by atoms with Gasteiger partial charge in [-0.25, -0.2) is 0 Å². The van der Waals surface area contributed by atoms with Gasteiger partial charge in [0.1, 0.15) is 11.5 Å². The van der Waals surface area contributed by atoms with Crippen molar-refractivity contribution < 1.29 is 24.2 Å². The number of nitrogens with zero attached hydrogens (tertiary/aromatic N) is 1. The minimum absolute atomic E-state index is 0.00100. The van der Waals surface area contributed by atoms with Crippen molar-refractivity contribution in [2.24, 2.45) is 0 Å². The fourth-order valence-corrected chi connectivity index (χ4v) is 4.17. The second-order valence-corrected chi connectivity index (χ2v) is 8.54. The van der Waals surface area contributed by atoms with Crippen LogP contribution in [0.1, 0.15) is 37.4 Å². The molecule has 1 fully saturated rings. The molecule has 1 saturated heterocycles. The number of likely N-dealkylation sites (tertiary alicyclic amines) is 1. The van der Waals surface area contributed by atoms with Crippen LogP contribution >= 0.6 is 23.2 Å². The van der Waals surface area contributed by atoms with Crippen LogP contribution in [0.2, 0.25) is 10.0 Å². The zero-order valence-electron chi connectivity index (χ0n) is 18.1. The Hall–Kier alpha value is -2.54. The molecule has 0 saturated carbocycles. The molecule has 32 heavy (non-hydrogen) atoms. The Morgan fingerprint density at radius 3 is 2.41 bits per heavy atom. The first-order chi connectivity index (χ1) is 15.2. The van der Waals surface area contributed by atoms with Crippen LogP contribution in [0.3, 0.4) is 0 Å². The van der Waals surface area contributed by atoms with Crippen molar-refractivity contribution >= 4 is 40.7 Å². The Balaban J connectivity index is 2.09. The van der Waals surface area contributed by atoms with Gasteiger partial charge in [-0.2, -0.15) is 0 Å². The van der Waals surface area contributed by atoms with Crippen molar-refractivity contribution in [1.29, 1.82) is 0 Å². The number of halogens is 2. The maximum Gasteiger partial charge on any atom is 0.295 e. The number of Topliss-reactive ketones (excluding diaryl/α,β-unsaturated/α-hetero) is 1. The molecule has 0 aromatic heterocycles. The molecule has 1 aliphatic rings. The van der Waals surface area contributed by atoms with Crippen LogP contribution in [0.15, 0.2) is 48.0 Å². The van der Waals surface area contributed by atoms with E-state index in [1.54, 1.807) is 49.6 Å². The van der Waals surface area contributed by atoms with E-state index in [4.69, 9.17) is 32.7 Å². The van der Waals surface area contributed by atoms with Crippen LogP contribution in [0.4, 0.5) is 0 Å². The van der Waals surface area contributed by atoms with E-state index >= 15 is 0 Å². The highest BCUT2D eigenvalue weighted by Gasteiger charge is 2.46. The molecule has 2 aromatic rings. The molecule has 8 heteroatoms. The summed E-state index contributed by atoms with van der Waals surface area (Å²) in [6.45, 7) is 4.50. The largest absolute Gasteiger partial charge is 0.507 e. The smallest absolute Gasteiger partial charge is 0.295 e. The number of ketones is 1. The van der Waals surface area contributed by atoms with Gasteiger partial charge in [-0.1, -0.05) is 29.3 Å². The Morgan fingerprint density at radius 2 is 1.81 bits per heavy atom. The fourth-order valence-electron chi connectivity index (χ4n) is 3.66. The normalized spacial score (nSPS) is 17.9. The summed E-state index contributed by atoms with van der Waals surface area (Å²) >= 11 is 12.5. The lowest BCUT2D eigenvalue weighted by Gasteiger charge is -2.26. The Labute approximate surface area is 197 Å². The van der Waals surface area contributed by atoms with E-state index in [1.165, 1.54) is 4.90 Å². The van der Waals surface area contributed by atoms with Crippen molar-refractivity contribution in [3.05, 3.63) is 69.2 Å². The number of rotatable bonds is 8. The summed E-state index contributed by atoms with van der Waals surface area (Å²) < 4.78 is 10.7. The molecule has 1 N–H and O–H groups in total. The predicted molar refractivity (Wildman–Crippen MR) is 124 cm³/mol. The van der Waals surface area contributed by atoms with Crippen molar-refractivity contribution in [3.63, 3.8) is 0 Å². The monoisotopic (exact) mass is 477 g/mol. The molecule has 0 bridgehead atoms. The fraction of sp³-hybridized carbons (Fsp3) is 0.333. The number of hydrogen-bond donors (Lipinski definition) is 1. The van der Waals surface area contributed by atoms with Crippen LogP contribution < -0.4 is 4.74 Å². The molecule has 1 unspecified atom stereocenters. The summed E-state index contributed by atoms with van der Waals surface area (Å²) in [6.07, 6.45) is 0.519. The average molecular weight is 478 g/mol. The summed E-state index contributed by atoms with van der Waals surface area (Å²) in [6, 6.07) is 10.7. The number of ether oxygens (including phenoxy) is 2. The highest BCUT2D eigenvalue weighted by molar-refractivity contribution is 6.47. The lowest BCUT2D eigenvalue weighted by molar-refractivity contribution is -0.140. The second-order valence-electron chi connectivity index (χ2n) is 7.70. The SMILES string of the molecule is COCCCN1C(=O)C(=O)/C(=C(/O)c2ccc(OC(C)C)cc2)C1c1ccc(Cl)cc1Cl. The summed E-state index contributed by atoms with van der Waals surface area (Å²) in [4.78, 5) is 27.3. The third-order valence-corrected chi connectivity index (χ3v) is 5.61. The molecule has 1 aliphatic heterocycles. The summed E-state index contributed by atoms with van der Waals surface area (Å²) in [7, 11) is 1.56. The number of methoxy groups -OCH3 is 1. The molecule has 1 heterocycles. The van der Waals surface area contributed by atoms with Gasteiger partial charge in [0.15, 0.2) is 0 Å². The number of benzene rings is 2. The first-order valence-electron chi connectivity index (χ1n) is 10.2. The molecule has 6 nitrogen and oxygen atoms in total. The third-order valence-electron chi connectivity index (χ3n) is 5.04. The van der Waals surface area contributed by atoms with Gasteiger partial charge in [0.2, 0.25) is 0 Å². The lowest BCUT2D eigenvalue weighted by Crippen LogP contribution is -2.31. The molecular weight excluding hydrogens is 453 g/mol. The second kappa shape index (κ2) is 10.4. The molecule has 0 aliphatic carbocycles. The number of aliphatic hydroxyl groups excluding tert-OH is 1. The molecule has 0 radical (unpaired) electrons. The van der Waals surface area contributed by atoms with Crippen molar-refractivity contribution in [2.45, 2.75) is 32.4 Å². The minimum Gasteiger partial charge on any atom is -0.507 e. The van der Waals surface area contributed by atoms with Crippen LogP contribution in [0.5, 0.6) is 5.75 Å². The van der Waals surface area contributed by atoms with Crippen LogP contribution in [-0.2, 0) is 14.3 Å². The molecule has 0 spiro atoms. The van der Waals surface area contributed by atoms with Gasteiger partial charge < -0.3 is 19.5 Å². The predicted octanol–water partition coefficient (Wildman–Crippen LogP) is 5.24. The number of carbonyl (C=O) groups excluding carboxylic acids is 2. The Bertz CT molecular complexity index is 1030. The van der Waals surface area contributed by atoms with E-state index in [0.717, 1.165) is 0 Å². The standard InChI is InChI=1S/C24H25Cl2NO5/c1-14(2)32-17-8-5-15(6-9-17)22(28)20-21(18-10-7-16(25)13-19(18)26)27(11-4-12-31-3)24(30)23(20)29/h5-10,13-14,21,28H,4,11-12H2,1-3H3/b22-20+. The van der Waals surface area contributed by atoms with Crippen molar-refractivity contribution in [2.75, 3.05) is 20.3 Å². The van der Waals surface area contributed by atoms with Gasteiger partial charge in [-0.3, -0.25) is 9.59 Å². The van der Waals surface area contributed by atoms with Crippen molar-refractivity contribution in [1.82, 2.24) is 4.90 Å². The quantitative estimate of drug-likeness (QED) is 0.243. The van der Waals surface area contributed by atoms with Gasteiger partial charge in [-0.15, -0.1) is 0 Å². The van der Waals surface area contributed by atoms with Gasteiger partial charge in [0, 0.05) is 35.9 Å². The maximum atomic E-state index is 13.0. The molecule has 170 valence electrons. The molecule has 2 aromatic carbocycles. The first-order valence-corrected chi connectivity index (χ1v) is 11.0. The zero-order chi connectivity index (χ0) is 23.4. The molecular formula is C24H25Cl2NO5. The summed E-state index contributed by atoms with van der Waals surface area (Å²) in [5.41, 5.74) is 0.884. The molecule has 3 rings (SSSR count). The van der Waals surface area contributed by atoms with Crippen LogP contribution in [0.25, 0.3) is 5.76 Å². The highest BCUT2D eigenvalue weighted by atomic mass is 35.5. The molecule has 1 amide bonds. The van der Waals surface area contributed by atoms with Gasteiger partial charge in [0.05, 0.1) is 17.7 Å². The van der Waals surface area contributed by atoms with Crippen molar-refractivity contribution in [3.8, 4) is 5.75 Å². The Morgan fingerprint density at radius 1 is 1.12 bits per heavy atom. The number of amides is 1. The summed E-state index contributed by atoms with van der Waals surface area (Å²) in [5.74, 6) is -1.10. The minimum atomic E-state index is -0.844. The van der Waals surface area contributed by atoms with Gasteiger partial charge in [-0.05, 0) is 62.2 Å². The first kappa shape index (κ1) is 24.1. The Kier molecular flexibility index (Phi) is 7.82. The van der Waals surface area contributed by atoms with Gasteiger partial charge in [0.25, 0.3) is 11.7 Å². The van der Waals surface area contributed by atoms with E-state index in [2.05, 4.69) is 0 Å². The molecule has 1 atom stereocenters. The van der Waals surface area contributed by atoms with E-state index in [9.17, 15) is 14.7 Å². The third kappa shape index (κ3) is 5.09. The number of carbonyl (C=O) groups is 2. The maximum absolute atomic E-state index is 13.0. The van der Waals surface area contributed by atoms with E-state index in [1.807, 2.05) is 13.8 Å². The topological polar surface area (TPSA) is 76.1 Å². The highest BCUT2D eigenvalue weighted by Crippen LogP contribution is 2.42.